The molecule has 0 aliphatic carbocycles. The molecule has 0 saturated carbocycles. The monoisotopic (exact) mass is 562 g/mol. The minimum atomic E-state index is -0.762. The van der Waals surface area contributed by atoms with Crippen molar-refractivity contribution in [3.05, 3.63) is 51.4 Å². The van der Waals surface area contributed by atoms with E-state index in [2.05, 4.69) is 66.4 Å². The van der Waals surface area contributed by atoms with Gasteiger partial charge in [0.1, 0.15) is 5.39 Å². The molecule has 6 rings (SSSR count). The lowest BCUT2D eigenvalue weighted by Gasteiger charge is -2.42. The van der Waals surface area contributed by atoms with Gasteiger partial charge < -0.3 is 19.6 Å². The molecule has 0 radical (unpaired) electrons. The molecule has 0 spiro atoms. The molecule has 2 aliphatic heterocycles. The van der Waals surface area contributed by atoms with Gasteiger partial charge in [-0.3, -0.25) is 14.4 Å². The fourth-order valence-electron chi connectivity index (χ4n) is 6.35. The van der Waals surface area contributed by atoms with E-state index in [4.69, 9.17) is 9.51 Å². The van der Waals surface area contributed by atoms with Crippen molar-refractivity contribution in [1.82, 2.24) is 24.9 Å². The van der Waals surface area contributed by atoms with Crippen LogP contribution < -0.4 is 10.9 Å². The van der Waals surface area contributed by atoms with E-state index in [-0.39, 0.29) is 34.2 Å². The highest BCUT2D eigenvalue weighted by Crippen LogP contribution is 2.44. The lowest BCUT2D eigenvalue weighted by Crippen LogP contribution is -2.46. The largest absolute Gasteiger partial charge is 0.358 e. The van der Waals surface area contributed by atoms with Crippen LogP contribution in [0.25, 0.3) is 21.3 Å². The number of likely N-dealkylation sites (tertiary alicyclic amines) is 2. The Bertz CT molecular complexity index is 1650. The minimum Gasteiger partial charge on any atom is -0.358 e. The molecule has 10 nitrogen and oxygen atoms in total. The number of thiazole rings is 1. The maximum Gasteiger partial charge on any atom is 0.313 e. The number of aromatic nitrogens is 3. The third-order valence-electron chi connectivity index (χ3n) is 8.40. The van der Waals surface area contributed by atoms with Crippen LogP contribution in [0.2, 0.25) is 0 Å². The van der Waals surface area contributed by atoms with Crippen LogP contribution in [0, 0.1) is 11.3 Å². The number of pyridine rings is 1. The van der Waals surface area contributed by atoms with E-state index in [0.29, 0.717) is 12.5 Å². The van der Waals surface area contributed by atoms with Crippen molar-refractivity contribution in [2.75, 3.05) is 32.0 Å². The fourth-order valence-corrected chi connectivity index (χ4v) is 7.65. The number of fused-ring (bicyclic) bond motifs is 2. The number of rotatable bonds is 3. The second kappa shape index (κ2) is 10.1. The normalized spacial score (nSPS) is 23.5. The van der Waals surface area contributed by atoms with Crippen molar-refractivity contribution in [3.8, 4) is 0 Å². The van der Waals surface area contributed by atoms with Crippen molar-refractivity contribution < 1.29 is 14.1 Å². The first-order chi connectivity index (χ1) is 19.1. The molecule has 2 aliphatic rings. The van der Waals surface area contributed by atoms with Gasteiger partial charge in [0.2, 0.25) is 0 Å². The summed E-state index contributed by atoms with van der Waals surface area (Å²) in [5.74, 6) is -0.684. The highest BCUT2D eigenvalue weighted by atomic mass is 32.1. The summed E-state index contributed by atoms with van der Waals surface area (Å²) < 4.78 is 6.11. The van der Waals surface area contributed by atoms with E-state index >= 15 is 0 Å². The second-order valence-corrected chi connectivity index (χ2v) is 13.1. The molecule has 0 bridgehead atoms. The van der Waals surface area contributed by atoms with Crippen molar-refractivity contribution in [2.24, 2.45) is 11.3 Å². The van der Waals surface area contributed by atoms with Gasteiger partial charge in [0.15, 0.2) is 0 Å². The Morgan fingerprint density at radius 1 is 1.20 bits per heavy atom. The summed E-state index contributed by atoms with van der Waals surface area (Å²) >= 11 is 1.77. The number of piperidine rings is 2. The Hall–Kier alpha value is -3.57. The first-order valence-electron chi connectivity index (χ1n) is 13.8. The van der Waals surface area contributed by atoms with Gasteiger partial charge in [-0.1, -0.05) is 26.8 Å². The molecule has 2 saturated heterocycles. The molecule has 5 heterocycles. The van der Waals surface area contributed by atoms with Crippen molar-refractivity contribution in [1.29, 1.82) is 0 Å². The smallest absolute Gasteiger partial charge is 0.313 e. The number of nitrogens with one attached hydrogen (secondary N) is 2. The maximum atomic E-state index is 13.5. The summed E-state index contributed by atoms with van der Waals surface area (Å²) in [4.78, 5) is 51.6. The average molecular weight is 563 g/mol. The summed E-state index contributed by atoms with van der Waals surface area (Å²) in [6.45, 7) is 9.34. The van der Waals surface area contributed by atoms with Crippen LogP contribution in [0.5, 0.6) is 0 Å². The minimum absolute atomic E-state index is 0.138. The molecule has 2 amide bonds. The quantitative estimate of drug-likeness (QED) is 0.352. The molecule has 210 valence electrons. The van der Waals surface area contributed by atoms with Crippen LogP contribution in [-0.2, 0) is 9.59 Å². The van der Waals surface area contributed by atoms with Gasteiger partial charge in [0, 0.05) is 19.0 Å². The van der Waals surface area contributed by atoms with E-state index in [1.165, 1.54) is 17.3 Å². The molecular weight excluding hydrogens is 528 g/mol. The molecule has 4 aromatic rings. The highest BCUT2D eigenvalue weighted by molar-refractivity contribution is 7.18. The molecule has 11 heteroatoms. The van der Waals surface area contributed by atoms with Gasteiger partial charge >= 0.3 is 11.8 Å². The first-order valence-corrected chi connectivity index (χ1v) is 14.6. The third-order valence-corrected chi connectivity index (χ3v) is 9.55. The number of amides is 2. The van der Waals surface area contributed by atoms with Crippen LogP contribution in [0.4, 0.5) is 5.69 Å². The topological polar surface area (TPSA) is 124 Å². The van der Waals surface area contributed by atoms with Gasteiger partial charge in [-0.15, -0.1) is 11.3 Å². The van der Waals surface area contributed by atoms with E-state index in [1.807, 2.05) is 0 Å². The molecule has 1 unspecified atom stereocenters. The lowest BCUT2D eigenvalue weighted by molar-refractivity contribution is -0.146. The predicted octanol–water partition coefficient (Wildman–Crippen LogP) is 4.51. The van der Waals surface area contributed by atoms with E-state index < -0.39 is 17.4 Å². The summed E-state index contributed by atoms with van der Waals surface area (Å²) in [6, 6.07) is 7.51. The maximum absolute atomic E-state index is 13.5. The number of hydrogen-bond donors (Lipinski definition) is 2. The molecule has 3 atom stereocenters. The van der Waals surface area contributed by atoms with Crippen molar-refractivity contribution in [2.45, 2.75) is 52.0 Å². The number of nitrogens with zero attached hydrogens (tertiary/aromatic N) is 4. The Kier molecular flexibility index (Phi) is 6.74. The number of carbonyl (C=O) groups is 2. The molecule has 40 heavy (non-hydrogen) atoms. The summed E-state index contributed by atoms with van der Waals surface area (Å²) in [5.41, 5.74) is 2.03. The van der Waals surface area contributed by atoms with Gasteiger partial charge in [0.25, 0.3) is 11.3 Å². The standard InChI is InChI=1S/C29H34N6O4S/c1-16-5-7-22(35(14-16)28(38)25(37)31-18-12-19-24(36)33-39-26(19)30-13-18)17-6-8-23-21(11-17)32-27(40-23)20-9-10-34(4)15-29(20,2)3/h6,8,11-13,16,20,22H,5,7,9-10,14-15H2,1-4H3,(H,31,37)(H,33,36)/t16-,20?,22+/m0/s1. The number of carbonyl (C=O) groups excluding carboxylic acids is 2. The number of H-pyrrole nitrogens is 1. The number of aromatic amines is 1. The summed E-state index contributed by atoms with van der Waals surface area (Å²) in [5, 5.41) is 6.21. The summed E-state index contributed by atoms with van der Waals surface area (Å²) in [6.07, 6.45) is 4.18. The van der Waals surface area contributed by atoms with Crippen LogP contribution in [-0.4, -0.2) is 63.4 Å². The van der Waals surface area contributed by atoms with Crippen LogP contribution in [0.1, 0.15) is 62.6 Å². The summed E-state index contributed by atoms with van der Waals surface area (Å²) in [7, 11) is 2.18. The van der Waals surface area contributed by atoms with E-state index in [0.717, 1.165) is 48.1 Å². The molecule has 2 fully saturated rings. The zero-order valence-corrected chi connectivity index (χ0v) is 24.0. The number of anilines is 1. The molecular formula is C29H34N6O4S. The van der Waals surface area contributed by atoms with E-state index in [1.54, 1.807) is 16.2 Å². The first kappa shape index (κ1) is 26.6. The Morgan fingerprint density at radius 2 is 2.02 bits per heavy atom. The average Bonchev–Trinajstić information content (AvgIpc) is 3.50. The zero-order valence-electron chi connectivity index (χ0n) is 23.2. The SMILES string of the molecule is C[C@H]1CC[C@H](c2ccc3sc(C4CCN(C)CC4(C)C)nc3c2)N(C(=O)C(=O)Nc2cnc3o[nH]c(=O)c3c2)C1. The highest BCUT2D eigenvalue weighted by Gasteiger charge is 2.38. The Labute approximate surface area is 235 Å². The molecule has 3 aromatic heterocycles. The van der Waals surface area contributed by atoms with Crippen molar-refractivity contribution in [3.63, 3.8) is 0 Å². The van der Waals surface area contributed by atoms with Crippen molar-refractivity contribution >= 4 is 50.2 Å². The third kappa shape index (κ3) is 4.92. The second-order valence-electron chi connectivity index (χ2n) is 12.1. The van der Waals surface area contributed by atoms with E-state index in [9.17, 15) is 14.4 Å². The Balaban J connectivity index is 1.24. The van der Waals surface area contributed by atoms with Crippen LogP contribution in [0.15, 0.2) is 39.8 Å². The van der Waals surface area contributed by atoms with Crippen LogP contribution in [0.3, 0.4) is 0 Å². The van der Waals surface area contributed by atoms with Gasteiger partial charge in [0.05, 0.1) is 33.2 Å². The van der Waals surface area contributed by atoms with Crippen LogP contribution >= 0.6 is 11.3 Å². The number of benzene rings is 1. The Morgan fingerprint density at radius 3 is 2.83 bits per heavy atom. The zero-order chi connectivity index (χ0) is 28.2. The molecule has 2 N–H and O–H groups in total. The number of hydrogen-bond acceptors (Lipinski definition) is 8. The molecule has 1 aromatic carbocycles. The van der Waals surface area contributed by atoms with Gasteiger partial charge in [-0.25, -0.2) is 9.97 Å². The van der Waals surface area contributed by atoms with Gasteiger partial charge in [-0.05, 0) is 68.0 Å². The fraction of sp³-hybridized carbons (Fsp3) is 0.483. The van der Waals surface area contributed by atoms with Gasteiger partial charge in [-0.2, -0.15) is 5.16 Å². The lowest BCUT2D eigenvalue weighted by atomic mass is 9.74. The predicted molar refractivity (Wildman–Crippen MR) is 154 cm³/mol.